The molecule has 3 heteroatoms. The molecule has 2 atom stereocenters. The molecule has 132 valence electrons. The standard InChI is InChI=1S/C20H36N2O/c1-5-19(4)17-20(12-16-23-19)11-10-15-22(18-20)14-9-8-13-21(6-2)7-3/h5-7,10-18H2,1-4H3/t19-,20-/m1/s1. The second-order valence-corrected chi connectivity index (χ2v) is 7.71. The van der Waals surface area contributed by atoms with Crippen LogP contribution in [0.3, 0.4) is 0 Å². The molecule has 23 heavy (non-hydrogen) atoms. The van der Waals surface area contributed by atoms with Crippen LogP contribution in [-0.2, 0) is 4.74 Å². The van der Waals surface area contributed by atoms with Crippen LogP contribution in [0, 0.1) is 17.3 Å². The maximum atomic E-state index is 6.07. The summed E-state index contributed by atoms with van der Waals surface area (Å²) in [5, 5.41) is 0. The van der Waals surface area contributed by atoms with Gasteiger partial charge in [-0.05, 0) is 64.1 Å². The normalized spacial score (nSPS) is 32.0. The minimum atomic E-state index is 0.0929. The van der Waals surface area contributed by atoms with Crippen LogP contribution in [0.15, 0.2) is 0 Å². The average Bonchev–Trinajstić information content (AvgIpc) is 2.55. The predicted octanol–water partition coefficient (Wildman–Crippen LogP) is 3.39. The number of rotatable bonds is 5. The second-order valence-electron chi connectivity index (χ2n) is 7.71. The lowest BCUT2D eigenvalue weighted by molar-refractivity contribution is -0.132. The molecule has 0 saturated carbocycles. The molecule has 0 N–H and O–H groups in total. The van der Waals surface area contributed by atoms with Crippen molar-refractivity contribution in [3.63, 3.8) is 0 Å². The van der Waals surface area contributed by atoms with Crippen LogP contribution < -0.4 is 0 Å². The van der Waals surface area contributed by atoms with E-state index < -0.39 is 0 Å². The van der Waals surface area contributed by atoms with E-state index in [-0.39, 0.29) is 5.60 Å². The van der Waals surface area contributed by atoms with Crippen molar-refractivity contribution in [2.24, 2.45) is 5.41 Å². The molecule has 1 spiro atoms. The van der Waals surface area contributed by atoms with Crippen molar-refractivity contribution in [2.45, 2.75) is 65.4 Å². The van der Waals surface area contributed by atoms with Gasteiger partial charge in [-0.2, -0.15) is 0 Å². The number of piperidine rings is 1. The Balaban J connectivity index is 1.87. The van der Waals surface area contributed by atoms with Crippen LogP contribution in [0.25, 0.3) is 0 Å². The maximum Gasteiger partial charge on any atom is 0.0657 e. The molecule has 0 bridgehead atoms. The molecule has 2 saturated heterocycles. The molecule has 2 heterocycles. The summed E-state index contributed by atoms with van der Waals surface area (Å²) in [6.07, 6.45) is 6.26. The van der Waals surface area contributed by atoms with E-state index in [0.29, 0.717) is 5.41 Å². The Kier molecular flexibility index (Phi) is 6.95. The van der Waals surface area contributed by atoms with Crippen LogP contribution in [0.4, 0.5) is 0 Å². The molecule has 2 fully saturated rings. The molecule has 2 aliphatic rings. The van der Waals surface area contributed by atoms with Crippen LogP contribution in [0.1, 0.15) is 59.8 Å². The summed E-state index contributed by atoms with van der Waals surface area (Å²) in [5.41, 5.74) is 0.567. The van der Waals surface area contributed by atoms with Gasteiger partial charge in [-0.15, -0.1) is 0 Å². The molecule has 0 aliphatic carbocycles. The van der Waals surface area contributed by atoms with Crippen molar-refractivity contribution in [1.29, 1.82) is 0 Å². The van der Waals surface area contributed by atoms with Gasteiger partial charge < -0.3 is 4.74 Å². The van der Waals surface area contributed by atoms with Crippen LogP contribution >= 0.6 is 0 Å². The fraction of sp³-hybridized carbons (Fsp3) is 0.900. The van der Waals surface area contributed by atoms with E-state index in [1.807, 2.05) is 0 Å². The zero-order chi connectivity index (χ0) is 16.8. The Morgan fingerprint density at radius 2 is 1.91 bits per heavy atom. The highest BCUT2D eigenvalue weighted by atomic mass is 16.5. The minimum absolute atomic E-state index is 0.0929. The van der Waals surface area contributed by atoms with Gasteiger partial charge in [0.1, 0.15) is 0 Å². The Labute approximate surface area is 143 Å². The van der Waals surface area contributed by atoms with Gasteiger partial charge in [0.2, 0.25) is 0 Å². The van der Waals surface area contributed by atoms with Crippen molar-refractivity contribution >= 4 is 0 Å². The van der Waals surface area contributed by atoms with E-state index in [1.165, 1.54) is 38.8 Å². The summed E-state index contributed by atoms with van der Waals surface area (Å²) in [6.45, 7) is 16.4. The minimum Gasteiger partial charge on any atom is -0.375 e. The predicted molar refractivity (Wildman–Crippen MR) is 97.6 cm³/mol. The van der Waals surface area contributed by atoms with Crippen molar-refractivity contribution < 1.29 is 4.74 Å². The van der Waals surface area contributed by atoms with Crippen molar-refractivity contribution in [1.82, 2.24) is 9.80 Å². The van der Waals surface area contributed by atoms with Gasteiger partial charge in [0, 0.05) is 13.2 Å². The first kappa shape index (κ1) is 18.8. The third-order valence-electron chi connectivity index (χ3n) is 5.94. The van der Waals surface area contributed by atoms with E-state index in [1.54, 1.807) is 0 Å². The fourth-order valence-corrected chi connectivity index (χ4v) is 4.25. The smallest absolute Gasteiger partial charge is 0.0657 e. The Morgan fingerprint density at radius 3 is 2.61 bits per heavy atom. The van der Waals surface area contributed by atoms with E-state index in [9.17, 15) is 0 Å². The molecular formula is C20H36N2O. The number of hydrogen-bond donors (Lipinski definition) is 0. The molecule has 3 nitrogen and oxygen atoms in total. The summed E-state index contributed by atoms with van der Waals surface area (Å²) in [6, 6.07) is 0. The highest BCUT2D eigenvalue weighted by Crippen LogP contribution is 2.45. The van der Waals surface area contributed by atoms with Crippen molar-refractivity contribution in [3.8, 4) is 11.8 Å². The summed E-state index contributed by atoms with van der Waals surface area (Å²) >= 11 is 0. The SMILES string of the molecule is CCN(CC)CC#CCN1CCC[C@]2(CCO[C@](C)(CC)C2)C1. The number of nitrogens with zero attached hydrogens (tertiary/aromatic N) is 2. The van der Waals surface area contributed by atoms with E-state index >= 15 is 0 Å². The highest BCUT2D eigenvalue weighted by molar-refractivity contribution is 5.05. The van der Waals surface area contributed by atoms with Crippen molar-refractivity contribution in [2.75, 3.05) is 45.9 Å². The largest absolute Gasteiger partial charge is 0.375 e. The Morgan fingerprint density at radius 1 is 1.13 bits per heavy atom. The van der Waals surface area contributed by atoms with Crippen LogP contribution in [0.2, 0.25) is 0 Å². The van der Waals surface area contributed by atoms with Crippen molar-refractivity contribution in [3.05, 3.63) is 0 Å². The molecule has 2 rings (SSSR count). The molecule has 0 aromatic rings. The number of ether oxygens (including phenoxy) is 1. The zero-order valence-electron chi connectivity index (χ0n) is 15.8. The summed E-state index contributed by atoms with van der Waals surface area (Å²) in [7, 11) is 0. The van der Waals surface area contributed by atoms with E-state index in [2.05, 4.69) is 49.3 Å². The molecule has 0 amide bonds. The quantitative estimate of drug-likeness (QED) is 0.722. The average molecular weight is 321 g/mol. The van der Waals surface area contributed by atoms with Crippen LogP contribution in [-0.4, -0.2) is 61.3 Å². The molecule has 2 aliphatic heterocycles. The Hall–Kier alpha value is -0.560. The first-order valence-corrected chi connectivity index (χ1v) is 9.59. The Bertz CT molecular complexity index is 419. The van der Waals surface area contributed by atoms with Gasteiger partial charge in [-0.3, -0.25) is 9.80 Å². The topological polar surface area (TPSA) is 15.7 Å². The summed E-state index contributed by atoms with van der Waals surface area (Å²) in [5.74, 6) is 6.78. The first-order chi connectivity index (χ1) is 11.0. The van der Waals surface area contributed by atoms with Crippen LogP contribution in [0.5, 0.6) is 0 Å². The van der Waals surface area contributed by atoms with Gasteiger partial charge in [-0.25, -0.2) is 0 Å². The molecule has 0 aromatic heterocycles. The second kappa shape index (κ2) is 8.51. The molecular weight excluding hydrogens is 284 g/mol. The van der Waals surface area contributed by atoms with Gasteiger partial charge in [0.15, 0.2) is 0 Å². The van der Waals surface area contributed by atoms with Gasteiger partial charge in [0.25, 0.3) is 0 Å². The van der Waals surface area contributed by atoms with Gasteiger partial charge in [0.05, 0.1) is 18.7 Å². The third kappa shape index (κ3) is 5.21. The monoisotopic (exact) mass is 320 g/mol. The molecule has 0 unspecified atom stereocenters. The lowest BCUT2D eigenvalue weighted by Gasteiger charge is -2.50. The maximum absolute atomic E-state index is 6.07. The lowest BCUT2D eigenvalue weighted by atomic mass is 9.68. The number of hydrogen-bond acceptors (Lipinski definition) is 3. The summed E-state index contributed by atoms with van der Waals surface area (Å²) in [4.78, 5) is 4.95. The first-order valence-electron chi connectivity index (χ1n) is 9.59. The van der Waals surface area contributed by atoms with Gasteiger partial charge >= 0.3 is 0 Å². The molecule has 0 radical (unpaired) electrons. The third-order valence-corrected chi connectivity index (χ3v) is 5.94. The van der Waals surface area contributed by atoms with E-state index in [0.717, 1.165) is 39.2 Å². The molecule has 0 aromatic carbocycles. The highest BCUT2D eigenvalue weighted by Gasteiger charge is 2.44. The lowest BCUT2D eigenvalue weighted by Crippen LogP contribution is -2.51. The fourth-order valence-electron chi connectivity index (χ4n) is 4.25. The zero-order valence-corrected chi connectivity index (χ0v) is 15.8. The van der Waals surface area contributed by atoms with E-state index in [4.69, 9.17) is 4.74 Å². The van der Waals surface area contributed by atoms with Gasteiger partial charge in [-0.1, -0.05) is 32.6 Å². The number of likely N-dealkylation sites (tertiary alicyclic amines) is 1. The summed E-state index contributed by atoms with van der Waals surface area (Å²) < 4.78 is 6.07.